The number of anilines is 1. The molecule has 5 nitrogen and oxygen atoms in total. The van der Waals surface area contributed by atoms with Gasteiger partial charge in [-0.1, -0.05) is 6.07 Å². The number of benzene rings is 1. The molecule has 0 spiro atoms. The Morgan fingerprint density at radius 2 is 1.82 bits per heavy atom. The van der Waals surface area contributed by atoms with Gasteiger partial charge in [-0.05, 0) is 56.4 Å². The molecule has 1 aromatic rings. The van der Waals surface area contributed by atoms with Crippen molar-refractivity contribution in [2.24, 2.45) is 0 Å². The van der Waals surface area contributed by atoms with Crippen LogP contribution < -0.4 is 9.62 Å². The molecule has 2 rings (SSSR count). The molecule has 0 bridgehead atoms. The Labute approximate surface area is 132 Å². The first-order valence-corrected chi connectivity index (χ1v) is 9.46. The maximum atomic E-state index is 12.0. The summed E-state index contributed by atoms with van der Waals surface area (Å²) >= 11 is 0. The molecular weight excluding hydrogens is 300 g/mol. The molecule has 1 amide bonds. The predicted molar refractivity (Wildman–Crippen MR) is 88.5 cm³/mol. The highest BCUT2D eigenvalue weighted by atomic mass is 32.2. The Bertz CT molecular complexity index is 631. The molecule has 1 N–H and O–H groups in total. The summed E-state index contributed by atoms with van der Waals surface area (Å²) < 4.78 is 25.5. The van der Waals surface area contributed by atoms with E-state index >= 15 is 0 Å². The molecular formula is C16H24N2O3S. The van der Waals surface area contributed by atoms with Crippen LogP contribution in [0, 0.1) is 13.8 Å². The second-order valence-electron chi connectivity index (χ2n) is 6.13. The topological polar surface area (TPSA) is 66.5 Å². The first kappa shape index (κ1) is 16.8. The van der Waals surface area contributed by atoms with Crippen LogP contribution >= 0.6 is 0 Å². The van der Waals surface area contributed by atoms with Gasteiger partial charge in [0, 0.05) is 19.0 Å². The molecule has 1 fully saturated rings. The van der Waals surface area contributed by atoms with Crippen molar-refractivity contribution >= 4 is 21.6 Å². The Kier molecular flexibility index (Phi) is 5.11. The number of amides is 1. The highest BCUT2D eigenvalue weighted by Gasteiger charge is 2.23. The van der Waals surface area contributed by atoms with Crippen molar-refractivity contribution in [1.82, 2.24) is 5.32 Å². The van der Waals surface area contributed by atoms with Gasteiger partial charge < -0.3 is 5.32 Å². The standard InChI is InChI=1S/C16H24N2O3S/c1-12-9-13(2)11-15(10-12)18(22(3,20)21)8-4-5-16(19)17-14-6-7-14/h9-11,14H,4-8H2,1-3H3,(H,17,19). The zero-order chi connectivity index (χ0) is 16.3. The van der Waals surface area contributed by atoms with Gasteiger partial charge in [0.15, 0.2) is 0 Å². The third-order valence-electron chi connectivity index (χ3n) is 3.60. The zero-order valence-corrected chi connectivity index (χ0v) is 14.2. The second-order valence-corrected chi connectivity index (χ2v) is 8.03. The minimum absolute atomic E-state index is 0.0105. The van der Waals surface area contributed by atoms with E-state index in [4.69, 9.17) is 0 Å². The summed E-state index contributed by atoms with van der Waals surface area (Å²) in [5.74, 6) is 0.0105. The molecule has 22 heavy (non-hydrogen) atoms. The number of hydrogen-bond acceptors (Lipinski definition) is 3. The van der Waals surface area contributed by atoms with Crippen molar-refractivity contribution in [3.05, 3.63) is 29.3 Å². The maximum Gasteiger partial charge on any atom is 0.232 e. The van der Waals surface area contributed by atoms with E-state index in [1.807, 2.05) is 32.0 Å². The summed E-state index contributed by atoms with van der Waals surface area (Å²) in [6.07, 6.45) is 4.19. The summed E-state index contributed by atoms with van der Waals surface area (Å²) in [4.78, 5) is 11.7. The second kappa shape index (κ2) is 6.69. The molecule has 1 aliphatic carbocycles. The monoisotopic (exact) mass is 324 g/mol. The third kappa shape index (κ3) is 5.02. The van der Waals surface area contributed by atoms with E-state index in [9.17, 15) is 13.2 Å². The average molecular weight is 324 g/mol. The van der Waals surface area contributed by atoms with E-state index in [0.717, 1.165) is 24.0 Å². The Hall–Kier alpha value is -1.56. The van der Waals surface area contributed by atoms with Gasteiger partial charge in [0.05, 0.1) is 11.9 Å². The largest absolute Gasteiger partial charge is 0.353 e. The molecule has 1 aromatic carbocycles. The highest BCUT2D eigenvalue weighted by molar-refractivity contribution is 7.92. The average Bonchev–Trinajstić information content (AvgIpc) is 3.15. The summed E-state index contributed by atoms with van der Waals surface area (Å²) in [6.45, 7) is 4.21. The molecule has 1 saturated carbocycles. The minimum atomic E-state index is -3.36. The Balaban J connectivity index is 2.01. The maximum absolute atomic E-state index is 12.0. The summed E-state index contributed by atoms with van der Waals surface area (Å²) in [6, 6.07) is 6.07. The molecule has 0 aromatic heterocycles. The number of nitrogens with zero attached hydrogens (tertiary/aromatic N) is 1. The van der Waals surface area contributed by atoms with Gasteiger partial charge in [0.2, 0.25) is 15.9 Å². The van der Waals surface area contributed by atoms with Gasteiger partial charge in [-0.3, -0.25) is 9.10 Å². The van der Waals surface area contributed by atoms with Crippen molar-refractivity contribution in [1.29, 1.82) is 0 Å². The fourth-order valence-electron chi connectivity index (χ4n) is 2.49. The number of nitrogens with one attached hydrogen (secondary N) is 1. The molecule has 6 heteroatoms. The van der Waals surface area contributed by atoms with E-state index in [0.29, 0.717) is 31.1 Å². The lowest BCUT2D eigenvalue weighted by molar-refractivity contribution is -0.121. The van der Waals surface area contributed by atoms with Crippen molar-refractivity contribution in [2.45, 2.75) is 45.6 Å². The SMILES string of the molecule is Cc1cc(C)cc(N(CCCC(=O)NC2CC2)S(C)(=O)=O)c1. The van der Waals surface area contributed by atoms with Crippen molar-refractivity contribution in [3.63, 3.8) is 0 Å². The van der Waals surface area contributed by atoms with Crippen molar-refractivity contribution in [2.75, 3.05) is 17.1 Å². The van der Waals surface area contributed by atoms with Crippen LogP contribution in [0.1, 0.15) is 36.8 Å². The minimum Gasteiger partial charge on any atom is -0.353 e. The number of carbonyl (C=O) groups is 1. The number of carbonyl (C=O) groups excluding carboxylic acids is 1. The first-order valence-electron chi connectivity index (χ1n) is 7.61. The van der Waals surface area contributed by atoms with Gasteiger partial charge in [0.25, 0.3) is 0 Å². The third-order valence-corrected chi connectivity index (χ3v) is 4.80. The molecule has 0 aliphatic heterocycles. The summed E-state index contributed by atoms with van der Waals surface area (Å²) in [7, 11) is -3.36. The molecule has 0 heterocycles. The number of aryl methyl sites for hydroxylation is 2. The molecule has 0 saturated heterocycles. The fourth-order valence-corrected chi connectivity index (χ4v) is 3.44. The van der Waals surface area contributed by atoms with Gasteiger partial charge in [-0.2, -0.15) is 0 Å². The molecule has 122 valence electrons. The van der Waals surface area contributed by atoms with Crippen molar-refractivity contribution in [3.8, 4) is 0 Å². The quantitative estimate of drug-likeness (QED) is 0.835. The van der Waals surface area contributed by atoms with Crippen LogP contribution in [0.4, 0.5) is 5.69 Å². The van der Waals surface area contributed by atoms with Crippen LogP contribution in [-0.2, 0) is 14.8 Å². The van der Waals surface area contributed by atoms with Gasteiger partial charge in [-0.25, -0.2) is 8.42 Å². The first-order chi connectivity index (χ1) is 10.3. The lowest BCUT2D eigenvalue weighted by Gasteiger charge is -2.23. The van der Waals surface area contributed by atoms with Crippen LogP contribution in [-0.4, -0.2) is 33.2 Å². The van der Waals surface area contributed by atoms with Gasteiger partial charge >= 0.3 is 0 Å². The van der Waals surface area contributed by atoms with E-state index in [2.05, 4.69) is 5.32 Å². The lowest BCUT2D eigenvalue weighted by Crippen LogP contribution is -2.32. The van der Waals surface area contributed by atoms with E-state index in [1.54, 1.807) is 0 Å². The van der Waals surface area contributed by atoms with Crippen LogP contribution in [0.15, 0.2) is 18.2 Å². The van der Waals surface area contributed by atoms with Gasteiger partial charge in [-0.15, -0.1) is 0 Å². The lowest BCUT2D eigenvalue weighted by atomic mass is 10.1. The predicted octanol–water partition coefficient (Wildman–Crippen LogP) is 2.13. The van der Waals surface area contributed by atoms with E-state index in [-0.39, 0.29) is 5.91 Å². The Morgan fingerprint density at radius 3 is 2.32 bits per heavy atom. The summed E-state index contributed by atoms with van der Waals surface area (Å²) in [5.41, 5.74) is 2.72. The molecule has 0 atom stereocenters. The number of hydrogen-bond donors (Lipinski definition) is 1. The molecule has 1 aliphatic rings. The molecule has 0 unspecified atom stereocenters. The smallest absolute Gasteiger partial charge is 0.232 e. The van der Waals surface area contributed by atoms with Crippen LogP contribution in [0.25, 0.3) is 0 Å². The zero-order valence-electron chi connectivity index (χ0n) is 13.4. The number of sulfonamides is 1. The van der Waals surface area contributed by atoms with Crippen molar-refractivity contribution < 1.29 is 13.2 Å². The Morgan fingerprint density at radius 1 is 1.23 bits per heavy atom. The van der Waals surface area contributed by atoms with E-state index < -0.39 is 10.0 Å². The number of rotatable bonds is 7. The molecule has 0 radical (unpaired) electrons. The summed E-state index contributed by atoms with van der Waals surface area (Å²) in [5, 5.41) is 2.92. The highest BCUT2D eigenvalue weighted by Crippen LogP contribution is 2.22. The normalized spacial score (nSPS) is 14.7. The van der Waals surface area contributed by atoms with Crippen LogP contribution in [0.5, 0.6) is 0 Å². The van der Waals surface area contributed by atoms with Gasteiger partial charge in [0.1, 0.15) is 0 Å². The van der Waals surface area contributed by atoms with E-state index in [1.165, 1.54) is 10.6 Å². The fraction of sp³-hybridized carbons (Fsp3) is 0.562. The van der Waals surface area contributed by atoms with Crippen LogP contribution in [0.3, 0.4) is 0 Å². The van der Waals surface area contributed by atoms with Crippen LogP contribution in [0.2, 0.25) is 0 Å².